The van der Waals surface area contributed by atoms with Crippen molar-refractivity contribution >= 4 is 0 Å². The molecule has 9 heavy (non-hydrogen) atoms. The quantitative estimate of drug-likeness (QED) is 0.496. The van der Waals surface area contributed by atoms with Gasteiger partial charge >= 0.3 is 0 Å². The molecule has 0 heterocycles. The van der Waals surface area contributed by atoms with E-state index in [1.165, 1.54) is 12.0 Å². The molecule has 0 aliphatic heterocycles. The summed E-state index contributed by atoms with van der Waals surface area (Å²) in [6, 6.07) is 0. The predicted octanol–water partition coefficient (Wildman–Crippen LogP) is 2.85. The third-order valence-corrected chi connectivity index (χ3v) is 2.28. The van der Waals surface area contributed by atoms with E-state index in [1.54, 1.807) is 0 Å². The molecule has 0 N–H and O–H groups in total. The Morgan fingerprint density at radius 2 is 2.00 bits per heavy atom. The molecule has 0 radical (unpaired) electrons. The topological polar surface area (TPSA) is 0 Å². The lowest BCUT2D eigenvalue weighted by atomic mass is 10.1. The van der Waals surface area contributed by atoms with Crippen LogP contribution in [0.1, 0.15) is 27.2 Å². The van der Waals surface area contributed by atoms with Crippen LogP contribution in [0, 0.1) is 17.8 Å². The van der Waals surface area contributed by atoms with Crippen molar-refractivity contribution < 1.29 is 0 Å². The Kier molecular flexibility index (Phi) is 1.65. The number of allylic oxidation sites excluding steroid dienone is 1. The molecule has 1 aliphatic carbocycles. The molecule has 0 aromatic carbocycles. The van der Waals surface area contributed by atoms with E-state index in [-0.39, 0.29) is 0 Å². The summed E-state index contributed by atoms with van der Waals surface area (Å²) in [6.45, 7) is 10.8. The molecular formula is C9H16. The molecule has 2 atom stereocenters. The fraction of sp³-hybridized carbons (Fsp3) is 0.778. The van der Waals surface area contributed by atoms with E-state index in [0.717, 1.165) is 17.8 Å². The van der Waals surface area contributed by atoms with Crippen molar-refractivity contribution in [3.05, 3.63) is 12.2 Å². The van der Waals surface area contributed by atoms with Crippen LogP contribution >= 0.6 is 0 Å². The Hall–Kier alpha value is -0.260. The minimum absolute atomic E-state index is 0.826. The van der Waals surface area contributed by atoms with Crippen LogP contribution in [-0.2, 0) is 0 Å². The van der Waals surface area contributed by atoms with Crippen LogP contribution in [0.3, 0.4) is 0 Å². The molecule has 2 unspecified atom stereocenters. The van der Waals surface area contributed by atoms with Crippen LogP contribution in [-0.4, -0.2) is 0 Å². The average Bonchev–Trinajstić information content (AvgIpc) is 2.22. The van der Waals surface area contributed by atoms with Crippen LogP contribution in [0.5, 0.6) is 0 Å². The summed E-state index contributed by atoms with van der Waals surface area (Å²) < 4.78 is 0. The molecule has 52 valence electrons. The van der Waals surface area contributed by atoms with Gasteiger partial charge in [-0.05, 0) is 24.2 Å². The summed E-state index contributed by atoms with van der Waals surface area (Å²) in [6.07, 6.45) is 1.35. The maximum Gasteiger partial charge on any atom is -0.0138 e. The minimum Gasteiger partial charge on any atom is -0.0993 e. The number of hydrogen-bond donors (Lipinski definition) is 0. The molecule has 0 spiro atoms. The SMILES string of the molecule is C=C1C(C)C1CC(C)C. The lowest BCUT2D eigenvalue weighted by Crippen LogP contribution is -1.88. The zero-order valence-electron chi connectivity index (χ0n) is 6.65. The van der Waals surface area contributed by atoms with Crippen molar-refractivity contribution in [2.45, 2.75) is 27.2 Å². The van der Waals surface area contributed by atoms with Crippen LogP contribution in [0.2, 0.25) is 0 Å². The Morgan fingerprint density at radius 1 is 1.56 bits per heavy atom. The highest BCUT2D eigenvalue weighted by Gasteiger charge is 2.37. The second-order valence-electron chi connectivity index (χ2n) is 3.60. The van der Waals surface area contributed by atoms with E-state index in [9.17, 15) is 0 Å². The normalized spacial score (nSPS) is 33.6. The zero-order chi connectivity index (χ0) is 7.02. The summed E-state index contributed by atoms with van der Waals surface area (Å²) in [5.41, 5.74) is 1.48. The van der Waals surface area contributed by atoms with E-state index < -0.39 is 0 Å². The smallest absolute Gasteiger partial charge is 0.0138 e. The molecule has 0 aromatic heterocycles. The third-order valence-electron chi connectivity index (χ3n) is 2.28. The molecule has 1 saturated carbocycles. The summed E-state index contributed by atoms with van der Waals surface area (Å²) in [4.78, 5) is 0. The van der Waals surface area contributed by atoms with Gasteiger partial charge in [-0.3, -0.25) is 0 Å². The predicted molar refractivity (Wildman–Crippen MR) is 41.2 cm³/mol. The van der Waals surface area contributed by atoms with Gasteiger partial charge in [0.2, 0.25) is 0 Å². The molecule has 0 bridgehead atoms. The van der Waals surface area contributed by atoms with Crippen LogP contribution in [0.4, 0.5) is 0 Å². The van der Waals surface area contributed by atoms with Crippen LogP contribution < -0.4 is 0 Å². The third kappa shape index (κ3) is 1.35. The second kappa shape index (κ2) is 2.17. The molecule has 0 amide bonds. The van der Waals surface area contributed by atoms with Gasteiger partial charge in [0, 0.05) is 0 Å². The maximum absolute atomic E-state index is 3.98. The molecule has 0 heteroatoms. The summed E-state index contributed by atoms with van der Waals surface area (Å²) in [5, 5.41) is 0. The largest absolute Gasteiger partial charge is 0.0993 e. The molecule has 1 aliphatic rings. The van der Waals surface area contributed by atoms with Crippen LogP contribution in [0.25, 0.3) is 0 Å². The van der Waals surface area contributed by atoms with Gasteiger partial charge in [-0.2, -0.15) is 0 Å². The Labute approximate surface area is 58.0 Å². The van der Waals surface area contributed by atoms with Gasteiger partial charge in [-0.15, -0.1) is 0 Å². The van der Waals surface area contributed by atoms with Gasteiger partial charge in [0.1, 0.15) is 0 Å². The van der Waals surface area contributed by atoms with Crippen molar-refractivity contribution in [1.82, 2.24) is 0 Å². The molecule has 0 saturated heterocycles. The fourth-order valence-electron chi connectivity index (χ4n) is 1.41. The lowest BCUT2D eigenvalue weighted by molar-refractivity contribution is 0.525. The molecule has 1 rings (SSSR count). The monoisotopic (exact) mass is 124 g/mol. The molecule has 0 aromatic rings. The van der Waals surface area contributed by atoms with Crippen molar-refractivity contribution in [1.29, 1.82) is 0 Å². The van der Waals surface area contributed by atoms with Gasteiger partial charge < -0.3 is 0 Å². The van der Waals surface area contributed by atoms with E-state index in [0.29, 0.717) is 0 Å². The first kappa shape index (κ1) is 6.85. The number of hydrogen-bond acceptors (Lipinski definition) is 0. The zero-order valence-corrected chi connectivity index (χ0v) is 6.65. The van der Waals surface area contributed by atoms with Gasteiger partial charge in [0.15, 0.2) is 0 Å². The first-order valence-corrected chi connectivity index (χ1v) is 3.81. The van der Waals surface area contributed by atoms with E-state index in [2.05, 4.69) is 27.4 Å². The minimum atomic E-state index is 0.826. The first-order valence-electron chi connectivity index (χ1n) is 3.81. The van der Waals surface area contributed by atoms with Crippen molar-refractivity contribution in [2.24, 2.45) is 17.8 Å². The second-order valence-corrected chi connectivity index (χ2v) is 3.60. The van der Waals surface area contributed by atoms with E-state index in [4.69, 9.17) is 0 Å². The van der Waals surface area contributed by atoms with Crippen molar-refractivity contribution in [2.75, 3.05) is 0 Å². The first-order chi connectivity index (χ1) is 4.13. The van der Waals surface area contributed by atoms with Gasteiger partial charge in [-0.25, -0.2) is 0 Å². The summed E-state index contributed by atoms with van der Waals surface area (Å²) in [7, 11) is 0. The summed E-state index contributed by atoms with van der Waals surface area (Å²) >= 11 is 0. The Balaban J connectivity index is 2.25. The maximum atomic E-state index is 3.98. The highest BCUT2D eigenvalue weighted by Crippen LogP contribution is 2.47. The van der Waals surface area contributed by atoms with Crippen molar-refractivity contribution in [3.8, 4) is 0 Å². The Bertz CT molecular complexity index is 122. The Morgan fingerprint density at radius 3 is 2.11 bits per heavy atom. The fourth-order valence-corrected chi connectivity index (χ4v) is 1.41. The standard InChI is InChI=1S/C9H16/c1-6(2)5-9-7(3)8(9)4/h6,8-9H,3,5H2,1-2,4H3. The lowest BCUT2D eigenvalue weighted by Gasteiger charge is -1.99. The van der Waals surface area contributed by atoms with E-state index >= 15 is 0 Å². The highest BCUT2D eigenvalue weighted by atomic mass is 14.4. The summed E-state index contributed by atoms with van der Waals surface area (Å²) in [5.74, 6) is 2.54. The van der Waals surface area contributed by atoms with Crippen molar-refractivity contribution in [3.63, 3.8) is 0 Å². The number of rotatable bonds is 2. The molecule has 1 fully saturated rings. The highest BCUT2D eigenvalue weighted by molar-refractivity contribution is 5.24. The van der Waals surface area contributed by atoms with Gasteiger partial charge in [0.05, 0.1) is 0 Å². The molecule has 0 nitrogen and oxygen atoms in total. The molecular weight excluding hydrogens is 108 g/mol. The van der Waals surface area contributed by atoms with E-state index in [1.807, 2.05) is 0 Å². The van der Waals surface area contributed by atoms with Gasteiger partial charge in [0.25, 0.3) is 0 Å². The van der Waals surface area contributed by atoms with Gasteiger partial charge in [-0.1, -0.05) is 32.9 Å². The average molecular weight is 124 g/mol. The van der Waals surface area contributed by atoms with Crippen LogP contribution in [0.15, 0.2) is 12.2 Å².